The minimum atomic E-state index is -0.645. The molecule has 0 fully saturated rings. The van der Waals surface area contributed by atoms with Gasteiger partial charge in [0.05, 0.1) is 6.42 Å². The Hall–Kier alpha value is -2.63. The highest BCUT2D eigenvalue weighted by Crippen LogP contribution is 2.21. The molecule has 0 spiro atoms. The summed E-state index contributed by atoms with van der Waals surface area (Å²) in [5.74, 6) is -0.278. The molecule has 3 aromatic carbocycles. The van der Waals surface area contributed by atoms with Crippen molar-refractivity contribution in [2.45, 2.75) is 45.2 Å². The maximum atomic E-state index is 13.7. The molecule has 3 rings (SSSR count). The van der Waals surface area contributed by atoms with E-state index in [4.69, 9.17) is 11.6 Å². The van der Waals surface area contributed by atoms with E-state index in [-0.39, 0.29) is 18.2 Å². The summed E-state index contributed by atoms with van der Waals surface area (Å²) in [5, 5.41) is 3.59. The van der Waals surface area contributed by atoms with Gasteiger partial charge in [-0.1, -0.05) is 102 Å². The Kier molecular flexibility index (Phi) is 10.2. The minimum absolute atomic E-state index is 0.126. The van der Waals surface area contributed by atoms with Gasteiger partial charge < -0.3 is 10.2 Å². The molecule has 34 heavy (non-hydrogen) atoms. The molecule has 1 atom stereocenters. The van der Waals surface area contributed by atoms with Crippen molar-refractivity contribution < 1.29 is 9.59 Å². The van der Waals surface area contributed by atoms with Gasteiger partial charge in [0.1, 0.15) is 6.04 Å². The average Bonchev–Trinajstić information content (AvgIpc) is 2.83. The molecule has 0 aliphatic heterocycles. The van der Waals surface area contributed by atoms with Gasteiger partial charge in [0.25, 0.3) is 0 Å². The molecule has 1 N–H and O–H groups in total. The molecule has 0 saturated carbocycles. The molecule has 0 saturated heterocycles. The minimum Gasteiger partial charge on any atom is -0.354 e. The smallest absolute Gasteiger partial charge is 0.243 e. The maximum absolute atomic E-state index is 13.7. The lowest BCUT2D eigenvalue weighted by atomic mass is 10.0. The van der Waals surface area contributed by atoms with Crippen molar-refractivity contribution in [3.8, 4) is 0 Å². The van der Waals surface area contributed by atoms with E-state index in [9.17, 15) is 9.59 Å². The summed E-state index contributed by atoms with van der Waals surface area (Å²) in [6, 6.07) is 24.3. The number of carbonyl (C=O) groups excluding carboxylic acids is 2. The van der Waals surface area contributed by atoms with Gasteiger partial charge in [-0.3, -0.25) is 9.59 Å². The first kappa shape index (κ1) is 26.0. The summed E-state index contributed by atoms with van der Waals surface area (Å²) in [7, 11) is 0. The Labute approximate surface area is 215 Å². The van der Waals surface area contributed by atoms with E-state index in [0.717, 1.165) is 34.0 Å². The van der Waals surface area contributed by atoms with E-state index < -0.39 is 6.04 Å². The van der Waals surface area contributed by atoms with Crippen molar-refractivity contribution in [2.24, 2.45) is 0 Å². The van der Waals surface area contributed by atoms with Crippen molar-refractivity contribution >= 4 is 39.3 Å². The largest absolute Gasteiger partial charge is 0.354 e. The highest BCUT2D eigenvalue weighted by molar-refractivity contribution is 9.10. The third-order valence-corrected chi connectivity index (χ3v) is 6.50. The number of rotatable bonds is 11. The summed E-state index contributed by atoms with van der Waals surface area (Å²) >= 11 is 9.87. The topological polar surface area (TPSA) is 49.4 Å². The van der Waals surface area contributed by atoms with Gasteiger partial charge in [-0.2, -0.15) is 0 Å². The zero-order chi connectivity index (χ0) is 24.3. The monoisotopic (exact) mass is 540 g/mol. The Morgan fingerprint density at radius 2 is 1.68 bits per heavy atom. The van der Waals surface area contributed by atoms with Crippen LogP contribution in [0.5, 0.6) is 0 Å². The summed E-state index contributed by atoms with van der Waals surface area (Å²) in [6.45, 7) is 2.99. The number of nitrogens with one attached hydrogen (secondary N) is 1. The number of benzene rings is 3. The number of hydrogen-bond acceptors (Lipinski definition) is 2. The van der Waals surface area contributed by atoms with E-state index >= 15 is 0 Å². The molecule has 6 heteroatoms. The molecular formula is C28H30BrClN2O2. The van der Waals surface area contributed by atoms with Crippen LogP contribution in [-0.4, -0.2) is 29.3 Å². The number of carbonyl (C=O) groups is 2. The van der Waals surface area contributed by atoms with Crippen molar-refractivity contribution in [1.82, 2.24) is 10.2 Å². The van der Waals surface area contributed by atoms with Gasteiger partial charge in [-0.15, -0.1) is 0 Å². The average molecular weight is 542 g/mol. The predicted molar refractivity (Wildman–Crippen MR) is 142 cm³/mol. The molecule has 0 aliphatic carbocycles. The lowest BCUT2D eigenvalue weighted by Crippen LogP contribution is -2.51. The molecular weight excluding hydrogens is 512 g/mol. The normalized spacial score (nSPS) is 11.6. The standard InChI is InChI=1S/C28H30BrClN2O2/c1-2-3-16-31-28(34)26(18-21-10-5-4-6-11-21)32(20-22-12-9-14-24(29)17-22)27(33)19-23-13-7-8-15-25(23)30/h4-15,17,26H,2-3,16,18-20H2,1H3,(H,31,34)/t26-/m1/s1. The molecule has 0 heterocycles. The van der Waals surface area contributed by atoms with Crippen LogP contribution < -0.4 is 5.32 Å². The highest BCUT2D eigenvalue weighted by Gasteiger charge is 2.30. The zero-order valence-corrected chi connectivity index (χ0v) is 21.7. The highest BCUT2D eigenvalue weighted by atomic mass is 79.9. The number of halogens is 2. The number of amides is 2. The zero-order valence-electron chi connectivity index (χ0n) is 19.3. The van der Waals surface area contributed by atoms with Gasteiger partial charge in [-0.25, -0.2) is 0 Å². The first-order chi connectivity index (χ1) is 16.5. The van der Waals surface area contributed by atoms with Crippen molar-refractivity contribution in [2.75, 3.05) is 6.54 Å². The Morgan fingerprint density at radius 3 is 2.38 bits per heavy atom. The molecule has 0 unspecified atom stereocenters. The van der Waals surface area contributed by atoms with E-state index in [1.54, 1.807) is 11.0 Å². The molecule has 0 bridgehead atoms. The van der Waals surface area contributed by atoms with Crippen LogP contribution in [0.2, 0.25) is 5.02 Å². The van der Waals surface area contributed by atoms with Crippen LogP contribution in [0, 0.1) is 0 Å². The Morgan fingerprint density at radius 1 is 0.971 bits per heavy atom. The van der Waals surface area contributed by atoms with E-state index in [1.165, 1.54) is 0 Å². The van der Waals surface area contributed by atoms with Crippen LogP contribution in [-0.2, 0) is 29.0 Å². The second kappa shape index (κ2) is 13.3. The fourth-order valence-electron chi connectivity index (χ4n) is 3.80. The van der Waals surface area contributed by atoms with Crippen LogP contribution in [0.4, 0.5) is 0 Å². The second-order valence-corrected chi connectivity index (χ2v) is 9.59. The first-order valence-electron chi connectivity index (χ1n) is 11.6. The van der Waals surface area contributed by atoms with Gasteiger partial charge >= 0.3 is 0 Å². The molecule has 178 valence electrons. The van der Waals surface area contributed by atoms with Gasteiger partial charge in [0.15, 0.2) is 0 Å². The lowest BCUT2D eigenvalue weighted by Gasteiger charge is -2.32. The van der Waals surface area contributed by atoms with Crippen LogP contribution in [0.3, 0.4) is 0 Å². The van der Waals surface area contributed by atoms with Gasteiger partial charge in [0, 0.05) is 29.0 Å². The van der Waals surface area contributed by atoms with Gasteiger partial charge in [0.2, 0.25) is 11.8 Å². The fraction of sp³-hybridized carbons (Fsp3) is 0.286. The Bertz CT molecular complexity index is 1090. The van der Waals surface area contributed by atoms with Crippen molar-refractivity contribution in [3.63, 3.8) is 0 Å². The fourth-order valence-corrected chi connectivity index (χ4v) is 4.45. The summed E-state index contributed by atoms with van der Waals surface area (Å²) in [6.07, 6.45) is 2.43. The second-order valence-electron chi connectivity index (χ2n) is 8.27. The van der Waals surface area contributed by atoms with E-state index in [0.29, 0.717) is 24.5 Å². The lowest BCUT2D eigenvalue weighted by molar-refractivity contribution is -0.140. The first-order valence-corrected chi connectivity index (χ1v) is 12.7. The number of nitrogens with zero attached hydrogens (tertiary/aromatic N) is 1. The summed E-state index contributed by atoms with van der Waals surface area (Å²) in [4.78, 5) is 28.8. The molecule has 0 radical (unpaired) electrons. The summed E-state index contributed by atoms with van der Waals surface area (Å²) in [5.41, 5.74) is 2.70. The van der Waals surface area contributed by atoms with Crippen LogP contribution in [0.25, 0.3) is 0 Å². The van der Waals surface area contributed by atoms with E-state index in [1.807, 2.05) is 72.8 Å². The predicted octanol–water partition coefficient (Wildman–Crippen LogP) is 6.20. The van der Waals surface area contributed by atoms with Crippen molar-refractivity contribution in [1.29, 1.82) is 0 Å². The van der Waals surface area contributed by atoms with Gasteiger partial charge in [-0.05, 0) is 41.3 Å². The molecule has 3 aromatic rings. The summed E-state index contributed by atoms with van der Waals surface area (Å²) < 4.78 is 0.926. The molecule has 2 amide bonds. The van der Waals surface area contributed by atoms with E-state index in [2.05, 4.69) is 28.2 Å². The third kappa shape index (κ3) is 7.71. The maximum Gasteiger partial charge on any atom is 0.243 e. The Balaban J connectivity index is 1.95. The number of unbranched alkanes of at least 4 members (excludes halogenated alkanes) is 1. The SMILES string of the molecule is CCCCNC(=O)[C@@H](Cc1ccccc1)N(Cc1cccc(Br)c1)C(=O)Cc1ccccc1Cl. The molecule has 0 aliphatic rings. The van der Waals surface area contributed by atoms with Crippen LogP contribution in [0.1, 0.15) is 36.5 Å². The number of hydrogen-bond donors (Lipinski definition) is 1. The quantitative estimate of drug-likeness (QED) is 0.294. The van der Waals surface area contributed by atoms with Crippen molar-refractivity contribution in [3.05, 3.63) is 105 Å². The van der Waals surface area contributed by atoms with Crippen LogP contribution in [0.15, 0.2) is 83.3 Å². The molecule has 0 aromatic heterocycles. The third-order valence-electron chi connectivity index (χ3n) is 5.64. The van der Waals surface area contributed by atoms with Crippen LogP contribution >= 0.6 is 27.5 Å². The molecule has 4 nitrogen and oxygen atoms in total.